The summed E-state index contributed by atoms with van der Waals surface area (Å²) >= 11 is 0. The van der Waals surface area contributed by atoms with E-state index >= 15 is 0 Å². The van der Waals surface area contributed by atoms with Crippen LogP contribution < -0.4 is 5.73 Å². The predicted octanol–water partition coefficient (Wildman–Crippen LogP) is 3.88. The number of aromatic nitrogens is 1. The normalized spacial score (nSPS) is 12.8. The number of H-pyrrole nitrogens is 1. The zero-order valence-corrected chi connectivity index (χ0v) is 12.0. The molecule has 1 unspecified atom stereocenters. The number of rotatable bonds is 3. The molecule has 0 spiro atoms. The number of nitrogens with two attached hydrogens (primary N) is 1. The SMILES string of the molecule is Cc1ccc2[nH]c(C)c(C(CN)c3ccccc3)c2c1. The minimum atomic E-state index is 0.242. The van der Waals surface area contributed by atoms with Gasteiger partial charge in [0.2, 0.25) is 0 Å². The molecule has 3 N–H and O–H groups in total. The van der Waals surface area contributed by atoms with Gasteiger partial charge < -0.3 is 10.7 Å². The molecule has 102 valence electrons. The summed E-state index contributed by atoms with van der Waals surface area (Å²) in [5.74, 6) is 0.242. The van der Waals surface area contributed by atoms with Crippen LogP contribution in [0.3, 0.4) is 0 Å². The van der Waals surface area contributed by atoms with Gasteiger partial charge in [-0.2, -0.15) is 0 Å². The van der Waals surface area contributed by atoms with Gasteiger partial charge in [-0.05, 0) is 37.1 Å². The van der Waals surface area contributed by atoms with E-state index in [4.69, 9.17) is 5.73 Å². The molecule has 0 aliphatic carbocycles. The Labute approximate surface area is 119 Å². The monoisotopic (exact) mass is 264 g/mol. The second-order valence-corrected chi connectivity index (χ2v) is 5.41. The molecule has 0 saturated heterocycles. The Bertz CT molecular complexity index is 726. The van der Waals surface area contributed by atoms with Crippen molar-refractivity contribution in [2.45, 2.75) is 19.8 Å². The van der Waals surface area contributed by atoms with Gasteiger partial charge in [-0.3, -0.25) is 0 Å². The Kier molecular flexibility index (Phi) is 3.33. The fourth-order valence-electron chi connectivity index (χ4n) is 3.02. The first-order valence-corrected chi connectivity index (χ1v) is 7.04. The van der Waals surface area contributed by atoms with Crippen LogP contribution in [0.4, 0.5) is 0 Å². The van der Waals surface area contributed by atoms with Crippen LogP contribution in [0.5, 0.6) is 0 Å². The van der Waals surface area contributed by atoms with E-state index in [1.165, 1.54) is 33.3 Å². The molecule has 0 radical (unpaired) electrons. The molecule has 2 aromatic carbocycles. The topological polar surface area (TPSA) is 41.8 Å². The predicted molar refractivity (Wildman–Crippen MR) is 85.1 cm³/mol. The highest BCUT2D eigenvalue weighted by atomic mass is 14.7. The van der Waals surface area contributed by atoms with Crippen LogP contribution in [0.1, 0.15) is 28.3 Å². The lowest BCUT2D eigenvalue weighted by Gasteiger charge is -2.16. The molecule has 0 fully saturated rings. The molecule has 2 nitrogen and oxygen atoms in total. The molecule has 0 amide bonds. The highest BCUT2D eigenvalue weighted by Crippen LogP contribution is 2.33. The summed E-state index contributed by atoms with van der Waals surface area (Å²) in [6.45, 7) is 4.88. The van der Waals surface area contributed by atoms with Gasteiger partial charge in [-0.25, -0.2) is 0 Å². The molecule has 0 aliphatic heterocycles. The highest BCUT2D eigenvalue weighted by Gasteiger charge is 2.19. The lowest BCUT2D eigenvalue weighted by atomic mass is 9.89. The molecule has 3 rings (SSSR count). The van der Waals surface area contributed by atoms with Crippen LogP contribution in [-0.2, 0) is 0 Å². The first kappa shape index (κ1) is 12.9. The van der Waals surface area contributed by atoms with E-state index in [0.29, 0.717) is 6.54 Å². The number of aromatic amines is 1. The lowest BCUT2D eigenvalue weighted by molar-refractivity contribution is 0.817. The summed E-state index contributed by atoms with van der Waals surface area (Å²) in [6.07, 6.45) is 0. The molecule has 1 aromatic heterocycles. The second-order valence-electron chi connectivity index (χ2n) is 5.41. The summed E-state index contributed by atoms with van der Waals surface area (Å²) in [4.78, 5) is 3.48. The Balaban J connectivity index is 2.21. The standard InChI is InChI=1S/C18H20N2/c1-12-8-9-17-15(10-12)18(13(2)20-17)16(11-19)14-6-4-3-5-7-14/h3-10,16,20H,11,19H2,1-2H3. The van der Waals surface area contributed by atoms with Gasteiger partial charge in [0.05, 0.1) is 0 Å². The Morgan fingerprint density at radius 1 is 1.05 bits per heavy atom. The number of hydrogen-bond acceptors (Lipinski definition) is 1. The van der Waals surface area contributed by atoms with Gasteiger partial charge in [0, 0.05) is 29.1 Å². The number of benzene rings is 2. The van der Waals surface area contributed by atoms with Gasteiger partial charge >= 0.3 is 0 Å². The molecule has 3 aromatic rings. The van der Waals surface area contributed by atoms with Gasteiger partial charge in [-0.1, -0.05) is 42.0 Å². The average Bonchev–Trinajstić information content (AvgIpc) is 2.77. The van der Waals surface area contributed by atoms with Gasteiger partial charge in [0.25, 0.3) is 0 Å². The van der Waals surface area contributed by atoms with Crippen LogP contribution in [0.25, 0.3) is 10.9 Å². The summed E-state index contributed by atoms with van der Waals surface area (Å²) in [7, 11) is 0. The summed E-state index contributed by atoms with van der Waals surface area (Å²) in [5.41, 5.74) is 12.4. The van der Waals surface area contributed by atoms with E-state index in [1.54, 1.807) is 0 Å². The molecular weight excluding hydrogens is 244 g/mol. The van der Waals surface area contributed by atoms with E-state index in [1.807, 2.05) is 6.07 Å². The third-order valence-electron chi connectivity index (χ3n) is 3.98. The van der Waals surface area contributed by atoms with Crippen molar-refractivity contribution in [1.29, 1.82) is 0 Å². The van der Waals surface area contributed by atoms with Crippen molar-refractivity contribution < 1.29 is 0 Å². The van der Waals surface area contributed by atoms with Crippen molar-refractivity contribution in [3.05, 3.63) is 70.9 Å². The van der Waals surface area contributed by atoms with E-state index < -0.39 is 0 Å². The molecule has 1 atom stereocenters. The smallest absolute Gasteiger partial charge is 0.0459 e. The number of aryl methyl sites for hydroxylation is 2. The van der Waals surface area contributed by atoms with E-state index in [9.17, 15) is 0 Å². The van der Waals surface area contributed by atoms with Crippen molar-refractivity contribution in [3.8, 4) is 0 Å². The van der Waals surface area contributed by atoms with Crippen molar-refractivity contribution >= 4 is 10.9 Å². The first-order valence-electron chi connectivity index (χ1n) is 7.04. The van der Waals surface area contributed by atoms with Crippen LogP contribution in [0.15, 0.2) is 48.5 Å². The van der Waals surface area contributed by atoms with E-state index in [2.05, 4.69) is 61.3 Å². The van der Waals surface area contributed by atoms with Crippen molar-refractivity contribution in [3.63, 3.8) is 0 Å². The minimum absolute atomic E-state index is 0.242. The van der Waals surface area contributed by atoms with E-state index in [0.717, 1.165) is 0 Å². The zero-order valence-electron chi connectivity index (χ0n) is 12.0. The fourth-order valence-corrected chi connectivity index (χ4v) is 3.02. The Morgan fingerprint density at radius 3 is 2.50 bits per heavy atom. The molecule has 0 saturated carbocycles. The lowest BCUT2D eigenvalue weighted by Crippen LogP contribution is -2.14. The molecule has 0 bridgehead atoms. The summed E-state index contributed by atoms with van der Waals surface area (Å²) in [5, 5.41) is 1.29. The number of nitrogens with one attached hydrogen (secondary N) is 1. The number of fused-ring (bicyclic) bond motifs is 1. The van der Waals surface area contributed by atoms with Gasteiger partial charge in [-0.15, -0.1) is 0 Å². The fraction of sp³-hybridized carbons (Fsp3) is 0.222. The highest BCUT2D eigenvalue weighted by molar-refractivity contribution is 5.86. The number of hydrogen-bond donors (Lipinski definition) is 2. The van der Waals surface area contributed by atoms with Crippen molar-refractivity contribution in [2.75, 3.05) is 6.54 Å². The molecule has 0 aliphatic rings. The quantitative estimate of drug-likeness (QED) is 0.740. The minimum Gasteiger partial charge on any atom is -0.358 e. The maximum Gasteiger partial charge on any atom is 0.0459 e. The molecule has 20 heavy (non-hydrogen) atoms. The van der Waals surface area contributed by atoms with Gasteiger partial charge in [0.1, 0.15) is 0 Å². The third-order valence-corrected chi connectivity index (χ3v) is 3.98. The van der Waals surface area contributed by atoms with Crippen molar-refractivity contribution in [2.24, 2.45) is 5.73 Å². The molecule has 1 heterocycles. The van der Waals surface area contributed by atoms with Crippen LogP contribution in [0, 0.1) is 13.8 Å². The summed E-state index contributed by atoms with van der Waals surface area (Å²) < 4.78 is 0. The van der Waals surface area contributed by atoms with Crippen LogP contribution in [0.2, 0.25) is 0 Å². The third kappa shape index (κ3) is 2.12. The Morgan fingerprint density at radius 2 is 1.80 bits per heavy atom. The van der Waals surface area contributed by atoms with Crippen LogP contribution in [-0.4, -0.2) is 11.5 Å². The van der Waals surface area contributed by atoms with E-state index in [-0.39, 0.29) is 5.92 Å². The zero-order chi connectivity index (χ0) is 14.1. The molecule has 2 heteroatoms. The van der Waals surface area contributed by atoms with Gasteiger partial charge in [0.15, 0.2) is 0 Å². The summed E-state index contributed by atoms with van der Waals surface area (Å²) in [6, 6.07) is 17.1. The first-order chi connectivity index (χ1) is 9.70. The maximum atomic E-state index is 6.08. The largest absolute Gasteiger partial charge is 0.358 e. The van der Waals surface area contributed by atoms with Crippen LogP contribution >= 0.6 is 0 Å². The average molecular weight is 264 g/mol. The van der Waals surface area contributed by atoms with Crippen molar-refractivity contribution in [1.82, 2.24) is 4.98 Å². The second kappa shape index (κ2) is 5.14. The molecular formula is C18H20N2. The Hall–Kier alpha value is -2.06. The maximum absolute atomic E-state index is 6.08.